The van der Waals surface area contributed by atoms with E-state index in [1.165, 1.54) is 6.92 Å². The number of carbonyl (C=O) groups is 2. The lowest BCUT2D eigenvalue weighted by atomic mass is 10.1. The van der Waals surface area contributed by atoms with E-state index in [2.05, 4.69) is 5.32 Å². The second-order valence-electron chi connectivity index (χ2n) is 5.61. The lowest BCUT2D eigenvalue weighted by Crippen LogP contribution is -2.46. The van der Waals surface area contributed by atoms with Gasteiger partial charge in [0.15, 0.2) is 12.7 Å². The standard InChI is InChI=1S/C15H20ClNO4/c1-10(14(19)17-15(2,3)4)21-13(18)9-20-12-7-5-11(16)6-8-12/h5-8,10H,9H2,1-4H3,(H,17,19)/t10-/m1/s1. The summed E-state index contributed by atoms with van der Waals surface area (Å²) in [6.45, 7) is 6.80. The minimum absolute atomic E-state index is 0.269. The molecule has 0 aliphatic rings. The van der Waals surface area contributed by atoms with Crippen LogP contribution in [0.1, 0.15) is 27.7 Å². The monoisotopic (exact) mass is 313 g/mol. The first kappa shape index (κ1) is 17.3. The Morgan fingerprint density at radius 3 is 2.33 bits per heavy atom. The summed E-state index contributed by atoms with van der Waals surface area (Å²) >= 11 is 5.74. The second-order valence-corrected chi connectivity index (χ2v) is 6.05. The molecule has 0 aliphatic heterocycles. The fourth-order valence-corrected chi connectivity index (χ4v) is 1.56. The second kappa shape index (κ2) is 7.31. The van der Waals surface area contributed by atoms with Crippen molar-refractivity contribution in [1.29, 1.82) is 0 Å². The van der Waals surface area contributed by atoms with Crippen molar-refractivity contribution in [1.82, 2.24) is 5.32 Å². The summed E-state index contributed by atoms with van der Waals surface area (Å²) in [7, 11) is 0. The zero-order valence-corrected chi connectivity index (χ0v) is 13.4. The summed E-state index contributed by atoms with van der Waals surface area (Å²) in [5.41, 5.74) is -0.377. The van der Waals surface area contributed by atoms with Crippen LogP contribution in [0.4, 0.5) is 0 Å². The van der Waals surface area contributed by atoms with Crippen LogP contribution in [-0.2, 0) is 14.3 Å². The number of benzene rings is 1. The van der Waals surface area contributed by atoms with Crippen LogP contribution in [0.5, 0.6) is 5.75 Å². The third kappa shape index (κ3) is 6.99. The van der Waals surface area contributed by atoms with E-state index in [0.717, 1.165) is 0 Å². The molecular weight excluding hydrogens is 294 g/mol. The van der Waals surface area contributed by atoms with Crippen LogP contribution in [0, 0.1) is 0 Å². The number of halogens is 1. The summed E-state index contributed by atoms with van der Waals surface area (Å²) < 4.78 is 10.2. The van der Waals surface area contributed by atoms with Crippen molar-refractivity contribution in [3.05, 3.63) is 29.3 Å². The molecule has 0 spiro atoms. The van der Waals surface area contributed by atoms with Crippen molar-refractivity contribution < 1.29 is 19.1 Å². The average molecular weight is 314 g/mol. The van der Waals surface area contributed by atoms with E-state index >= 15 is 0 Å². The summed E-state index contributed by atoms with van der Waals surface area (Å²) in [4.78, 5) is 23.4. The van der Waals surface area contributed by atoms with Gasteiger partial charge in [0, 0.05) is 10.6 Å². The average Bonchev–Trinajstić information content (AvgIpc) is 2.36. The Morgan fingerprint density at radius 2 is 1.81 bits per heavy atom. The van der Waals surface area contributed by atoms with Crippen LogP contribution in [0.2, 0.25) is 5.02 Å². The van der Waals surface area contributed by atoms with Crippen molar-refractivity contribution in [3.63, 3.8) is 0 Å². The van der Waals surface area contributed by atoms with Gasteiger partial charge in [-0.1, -0.05) is 11.6 Å². The molecule has 0 saturated heterocycles. The van der Waals surface area contributed by atoms with Crippen LogP contribution < -0.4 is 10.1 Å². The number of amides is 1. The van der Waals surface area contributed by atoms with Gasteiger partial charge in [-0.05, 0) is 52.0 Å². The maximum Gasteiger partial charge on any atom is 0.344 e. The van der Waals surface area contributed by atoms with Gasteiger partial charge in [-0.25, -0.2) is 4.79 Å². The smallest absolute Gasteiger partial charge is 0.344 e. The third-order valence-electron chi connectivity index (χ3n) is 2.35. The number of ether oxygens (including phenoxy) is 2. The molecule has 0 bridgehead atoms. The van der Waals surface area contributed by atoms with Crippen molar-refractivity contribution in [3.8, 4) is 5.75 Å². The fourth-order valence-electron chi connectivity index (χ4n) is 1.43. The van der Waals surface area contributed by atoms with Crippen molar-refractivity contribution in [2.75, 3.05) is 6.61 Å². The first-order valence-corrected chi connectivity index (χ1v) is 6.95. The van der Waals surface area contributed by atoms with E-state index in [9.17, 15) is 9.59 Å². The number of esters is 1. The minimum Gasteiger partial charge on any atom is -0.482 e. The van der Waals surface area contributed by atoms with Gasteiger partial charge in [0.1, 0.15) is 5.75 Å². The molecule has 1 atom stereocenters. The molecule has 0 heterocycles. The number of hydrogen-bond donors (Lipinski definition) is 1. The topological polar surface area (TPSA) is 64.6 Å². The van der Waals surface area contributed by atoms with Gasteiger partial charge in [0.25, 0.3) is 5.91 Å². The van der Waals surface area contributed by atoms with E-state index in [0.29, 0.717) is 10.8 Å². The van der Waals surface area contributed by atoms with E-state index in [1.807, 2.05) is 20.8 Å². The van der Waals surface area contributed by atoms with Crippen LogP contribution in [0.3, 0.4) is 0 Å². The molecule has 0 fully saturated rings. The van der Waals surface area contributed by atoms with E-state index in [1.54, 1.807) is 24.3 Å². The van der Waals surface area contributed by atoms with Crippen molar-refractivity contribution in [2.45, 2.75) is 39.3 Å². The van der Waals surface area contributed by atoms with E-state index < -0.39 is 12.1 Å². The van der Waals surface area contributed by atoms with Crippen LogP contribution in [-0.4, -0.2) is 30.1 Å². The molecule has 1 amide bonds. The Labute approximate surface area is 129 Å². The summed E-state index contributed by atoms with van der Waals surface area (Å²) in [5, 5.41) is 3.31. The Kier molecular flexibility index (Phi) is 6.03. The predicted molar refractivity (Wildman–Crippen MR) is 80.4 cm³/mol. The molecule has 1 rings (SSSR count). The van der Waals surface area contributed by atoms with Gasteiger partial charge in [0.05, 0.1) is 0 Å². The minimum atomic E-state index is -0.870. The molecule has 6 heteroatoms. The third-order valence-corrected chi connectivity index (χ3v) is 2.60. The largest absolute Gasteiger partial charge is 0.482 e. The zero-order valence-electron chi connectivity index (χ0n) is 12.6. The highest BCUT2D eigenvalue weighted by Crippen LogP contribution is 2.15. The first-order valence-electron chi connectivity index (χ1n) is 6.57. The highest BCUT2D eigenvalue weighted by Gasteiger charge is 2.22. The number of rotatable bonds is 5. The Morgan fingerprint density at radius 1 is 1.24 bits per heavy atom. The zero-order chi connectivity index (χ0) is 16.0. The molecular formula is C15H20ClNO4. The molecule has 0 saturated carbocycles. The number of hydrogen-bond acceptors (Lipinski definition) is 4. The van der Waals surface area contributed by atoms with Crippen LogP contribution >= 0.6 is 11.6 Å². The predicted octanol–water partition coefficient (Wildman–Crippen LogP) is 2.57. The quantitative estimate of drug-likeness (QED) is 0.849. The molecule has 21 heavy (non-hydrogen) atoms. The Bertz CT molecular complexity index is 493. The lowest BCUT2D eigenvalue weighted by Gasteiger charge is -2.23. The SMILES string of the molecule is C[C@@H](OC(=O)COc1ccc(Cl)cc1)C(=O)NC(C)(C)C. The first-order chi connectivity index (χ1) is 9.67. The number of nitrogens with one attached hydrogen (secondary N) is 1. The van der Waals surface area contributed by atoms with Gasteiger partial charge in [-0.3, -0.25) is 4.79 Å². The normalized spacial score (nSPS) is 12.4. The van der Waals surface area contributed by atoms with Gasteiger partial charge in [0.2, 0.25) is 0 Å². The summed E-state index contributed by atoms with van der Waals surface area (Å²) in [5.74, 6) is -0.452. The van der Waals surface area contributed by atoms with Gasteiger partial charge in [-0.2, -0.15) is 0 Å². The highest BCUT2D eigenvalue weighted by atomic mass is 35.5. The summed E-state index contributed by atoms with van der Waals surface area (Å²) in [6.07, 6.45) is -0.870. The molecule has 1 N–H and O–H groups in total. The molecule has 0 unspecified atom stereocenters. The lowest BCUT2D eigenvalue weighted by molar-refractivity contribution is -0.157. The Balaban J connectivity index is 2.39. The summed E-state index contributed by atoms with van der Waals surface area (Å²) in [6, 6.07) is 6.60. The van der Waals surface area contributed by atoms with Gasteiger partial charge < -0.3 is 14.8 Å². The van der Waals surface area contributed by atoms with Gasteiger partial charge >= 0.3 is 5.97 Å². The Hall–Kier alpha value is -1.75. The van der Waals surface area contributed by atoms with E-state index in [4.69, 9.17) is 21.1 Å². The van der Waals surface area contributed by atoms with Gasteiger partial charge in [-0.15, -0.1) is 0 Å². The molecule has 0 aliphatic carbocycles. The molecule has 5 nitrogen and oxygen atoms in total. The van der Waals surface area contributed by atoms with Crippen LogP contribution in [0.15, 0.2) is 24.3 Å². The van der Waals surface area contributed by atoms with E-state index in [-0.39, 0.29) is 18.1 Å². The highest BCUT2D eigenvalue weighted by molar-refractivity contribution is 6.30. The molecule has 1 aromatic rings. The molecule has 1 aromatic carbocycles. The van der Waals surface area contributed by atoms with Crippen molar-refractivity contribution >= 4 is 23.5 Å². The maximum absolute atomic E-state index is 11.8. The maximum atomic E-state index is 11.8. The fraction of sp³-hybridized carbons (Fsp3) is 0.467. The van der Waals surface area contributed by atoms with Crippen LogP contribution in [0.25, 0.3) is 0 Å². The number of carbonyl (C=O) groups excluding carboxylic acids is 2. The molecule has 116 valence electrons. The molecule has 0 radical (unpaired) electrons. The molecule has 0 aromatic heterocycles. The van der Waals surface area contributed by atoms with Crippen molar-refractivity contribution in [2.24, 2.45) is 0 Å².